The number of hydrogen-bond acceptors (Lipinski definition) is 5. The van der Waals surface area contributed by atoms with E-state index in [0.29, 0.717) is 12.5 Å². The van der Waals surface area contributed by atoms with E-state index in [1.807, 2.05) is 47.0 Å². The van der Waals surface area contributed by atoms with Crippen LogP contribution in [0.15, 0.2) is 67.4 Å². The Balaban J connectivity index is 1.61. The first-order valence-electron chi connectivity index (χ1n) is 7.28. The number of nitrogens with zero attached hydrogens (tertiary/aromatic N) is 5. The van der Waals surface area contributed by atoms with E-state index in [1.54, 1.807) is 24.9 Å². The van der Waals surface area contributed by atoms with Gasteiger partial charge in [0, 0.05) is 25.1 Å². The smallest absolute Gasteiger partial charge is 0.224 e. The third-order valence-corrected chi connectivity index (χ3v) is 3.54. The van der Waals surface area contributed by atoms with Crippen molar-refractivity contribution in [2.24, 2.45) is 0 Å². The van der Waals surface area contributed by atoms with Gasteiger partial charge in [0.1, 0.15) is 12.1 Å². The minimum atomic E-state index is 0.581. The van der Waals surface area contributed by atoms with Gasteiger partial charge in [-0.1, -0.05) is 12.1 Å². The van der Waals surface area contributed by atoms with Gasteiger partial charge in [-0.05, 0) is 35.9 Å². The number of nitrogens with one attached hydrogen (secondary N) is 1. The van der Waals surface area contributed by atoms with Crippen LogP contribution >= 0.6 is 0 Å². The van der Waals surface area contributed by atoms with E-state index in [2.05, 4.69) is 25.3 Å². The van der Waals surface area contributed by atoms with E-state index in [9.17, 15) is 0 Å². The molecule has 3 aromatic heterocycles. The first-order valence-corrected chi connectivity index (χ1v) is 7.28. The molecular weight excluding hydrogens is 288 g/mol. The SMILES string of the molecule is c1ccc2c(c1)ncn2-c1ccnc(NCc2ccncc2)n1. The number of imidazole rings is 1. The highest BCUT2D eigenvalue weighted by Crippen LogP contribution is 2.16. The van der Waals surface area contributed by atoms with Gasteiger partial charge in [0.05, 0.1) is 11.0 Å². The maximum Gasteiger partial charge on any atom is 0.224 e. The average Bonchev–Trinajstić information content (AvgIpc) is 3.05. The average molecular weight is 302 g/mol. The molecule has 0 atom stereocenters. The number of para-hydroxylation sites is 2. The maximum absolute atomic E-state index is 4.57. The number of hydrogen-bond donors (Lipinski definition) is 1. The van der Waals surface area contributed by atoms with E-state index in [-0.39, 0.29) is 0 Å². The molecule has 6 heteroatoms. The standard InChI is InChI=1S/C17H14N6/c1-2-4-15-14(3-1)21-12-23(15)16-7-10-19-17(22-16)20-11-13-5-8-18-9-6-13/h1-10,12H,11H2,(H,19,20,22). The van der Waals surface area contributed by atoms with Crippen molar-refractivity contribution in [2.45, 2.75) is 6.54 Å². The largest absolute Gasteiger partial charge is 0.350 e. The minimum absolute atomic E-state index is 0.581. The Bertz CT molecular complexity index is 932. The second-order valence-electron chi connectivity index (χ2n) is 5.05. The first-order chi connectivity index (χ1) is 11.4. The predicted octanol–water partition coefficient (Wildman–Crippen LogP) is 2.82. The number of aromatic nitrogens is 5. The Morgan fingerprint density at radius 2 is 1.78 bits per heavy atom. The zero-order valence-electron chi connectivity index (χ0n) is 12.3. The second kappa shape index (κ2) is 5.84. The predicted molar refractivity (Wildman–Crippen MR) is 88.2 cm³/mol. The summed E-state index contributed by atoms with van der Waals surface area (Å²) >= 11 is 0. The third kappa shape index (κ3) is 2.74. The molecule has 4 rings (SSSR count). The highest BCUT2D eigenvalue weighted by molar-refractivity contribution is 5.76. The Morgan fingerprint density at radius 1 is 0.913 bits per heavy atom. The van der Waals surface area contributed by atoms with Gasteiger partial charge < -0.3 is 5.32 Å². The Morgan fingerprint density at radius 3 is 2.70 bits per heavy atom. The minimum Gasteiger partial charge on any atom is -0.350 e. The molecule has 0 radical (unpaired) electrons. The molecule has 4 aromatic rings. The molecule has 0 aliphatic carbocycles. The van der Waals surface area contributed by atoms with E-state index in [1.165, 1.54) is 0 Å². The lowest BCUT2D eigenvalue weighted by Crippen LogP contribution is -2.06. The maximum atomic E-state index is 4.57. The van der Waals surface area contributed by atoms with Gasteiger partial charge in [-0.3, -0.25) is 9.55 Å². The molecule has 0 amide bonds. The lowest BCUT2D eigenvalue weighted by atomic mass is 10.3. The summed E-state index contributed by atoms with van der Waals surface area (Å²) in [5, 5.41) is 3.23. The summed E-state index contributed by atoms with van der Waals surface area (Å²) in [5.41, 5.74) is 3.09. The topological polar surface area (TPSA) is 68.5 Å². The van der Waals surface area contributed by atoms with Crippen LogP contribution in [0.4, 0.5) is 5.95 Å². The molecule has 0 saturated carbocycles. The van der Waals surface area contributed by atoms with Crippen LogP contribution in [0, 0.1) is 0 Å². The number of fused-ring (bicyclic) bond motifs is 1. The summed E-state index contributed by atoms with van der Waals surface area (Å²) in [6.45, 7) is 0.649. The van der Waals surface area contributed by atoms with Gasteiger partial charge in [-0.25, -0.2) is 9.97 Å². The van der Waals surface area contributed by atoms with Gasteiger partial charge in [0.2, 0.25) is 5.95 Å². The lowest BCUT2D eigenvalue weighted by molar-refractivity contribution is 0.975. The lowest BCUT2D eigenvalue weighted by Gasteiger charge is -2.07. The van der Waals surface area contributed by atoms with Crippen LogP contribution in [0.2, 0.25) is 0 Å². The van der Waals surface area contributed by atoms with Crippen LogP contribution in [0.25, 0.3) is 16.9 Å². The molecule has 0 unspecified atom stereocenters. The summed E-state index contributed by atoms with van der Waals surface area (Å²) in [5.74, 6) is 1.36. The molecule has 1 N–H and O–H groups in total. The fourth-order valence-electron chi connectivity index (χ4n) is 2.39. The molecule has 0 bridgehead atoms. The summed E-state index contributed by atoms with van der Waals surface area (Å²) in [6, 6.07) is 13.8. The number of pyridine rings is 1. The first kappa shape index (κ1) is 13.4. The molecule has 23 heavy (non-hydrogen) atoms. The monoisotopic (exact) mass is 302 g/mol. The quantitative estimate of drug-likeness (QED) is 0.628. The number of anilines is 1. The van der Waals surface area contributed by atoms with Crippen LogP contribution in [0.1, 0.15) is 5.56 Å². The second-order valence-corrected chi connectivity index (χ2v) is 5.05. The Kier molecular flexibility index (Phi) is 3.40. The van der Waals surface area contributed by atoms with Gasteiger partial charge >= 0.3 is 0 Å². The number of benzene rings is 1. The molecule has 0 spiro atoms. The van der Waals surface area contributed by atoms with Gasteiger partial charge in [0.25, 0.3) is 0 Å². The van der Waals surface area contributed by atoms with Crippen molar-refractivity contribution in [1.29, 1.82) is 0 Å². The van der Waals surface area contributed by atoms with Crippen molar-refractivity contribution < 1.29 is 0 Å². The normalized spacial score (nSPS) is 10.8. The molecule has 112 valence electrons. The highest BCUT2D eigenvalue weighted by atomic mass is 15.2. The van der Waals surface area contributed by atoms with Gasteiger partial charge in [0.15, 0.2) is 0 Å². The van der Waals surface area contributed by atoms with E-state index in [4.69, 9.17) is 0 Å². The summed E-state index contributed by atoms with van der Waals surface area (Å²) in [7, 11) is 0. The molecule has 0 aliphatic rings. The number of rotatable bonds is 4. The van der Waals surface area contributed by atoms with Gasteiger partial charge in [-0.15, -0.1) is 0 Å². The molecule has 0 fully saturated rings. The molecule has 6 nitrogen and oxygen atoms in total. The Labute approximate surface area is 132 Å². The van der Waals surface area contributed by atoms with Gasteiger partial charge in [-0.2, -0.15) is 4.98 Å². The molecule has 0 saturated heterocycles. The fraction of sp³-hybridized carbons (Fsp3) is 0.0588. The van der Waals surface area contributed by atoms with Crippen molar-refractivity contribution in [1.82, 2.24) is 24.5 Å². The van der Waals surface area contributed by atoms with Crippen LogP contribution in [0.5, 0.6) is 0 Å². The van der Waals surface area contributed by atoms with E-state index in [0.717, 1.165) is 22.4 Å². The molecule has 0 aliphatic heterocycles. The van der Waals surface area contributed by atoms with Crippen molar-refractivity contribution in [3.8, 4) is 5.82 Å². The summed E-state index contributed by atoms with van der Waals surface area (Å²) < 4.78 is 1.95. The Hall–Kier alpha value is -3.28. The zero-order valence-corrected chi connectivity index (χ0v) is 12.3. The van der Waals surface area contributed by atoms with Crippen LogP contribution < -0.4 is 5.32 Å². The fourth-order valence-corrected chi connectivity index (χ4v) is 2.39. The van der Waals surface area contributed by atoms with Crippen molar-refractivity contribution >= 4 is 17.0 Å². The van der Waals surface area contributed by atoms with Crippen LogP contribution in [-0.2, 0) is 6.54 Å². The van der Waals surface area contributed by atoms with Crippen molar-refractivity contribution in [2.75, 3.05) is 5.32 Å². The summed E-state index contributed by atoms with van der Waals surface area (Å²) in [6.07, 6.45) is 7.06. The molecular formula is C17H14N6. The van der Waals surface area contributed by atoms with Crippen molar-refractivity contribution in [3.05, 3.63) is 72.9 Å². The van der Waals surface area contributed by atoms with E-state index < -0.39 is 0 Å². The van der Waals surface area contributed by atoms with Crippen LogP contribution in [0.3, 0.4) is 0 Å². The van der Waals surface area contributed by atoms with Crippen molar-refractivity contribution in [3.63, 3.8) is 0 Å². The third-order valence-electron chi connectivity index (χ3n) is 3.54. The highest BCUT2D eigenvalue weighted by Gasteiger charge is 2.06. The summed E-state index contributed by atoms with van der Waals surface area (Å²) in [4.78, 5) is 17.2. The van der Waals surface area contributed by atoms with Crippen LogP contribution in [-0.4, -0.2) is 24.5 Å². The van der Waals surface area contributed by atoms with E-state index >= 15 is 0 Å². The zero-order chi connectivity index (χ0) is 15.5. The molecule has 1 aromatic carbocycles. The molecule has 3 heterocycles.